The summed E-state index contributed by atoms with van der Waals surface area (Å²) < 4.78 is 31.7. The summed E-state index contributed by atoms with van der Waals surface area (Å²) in [5, 5.41) is 0. The van der Waals surface area contributed by atoms with Crippen molar-refractivity contribution >= 4 is 10.2 Å². The molecule has 1 aromatic rings. The first-order valence-corrected chi connectivity index (χ1v) is 6.73. The van der Waals surface area contributed by atoms with Crippen LogP contribution in [0.2, 0.25) is 0 Å². The molecule has 0 unspecified atom stereocenters. The molecule has 0 radical (unpaired) electrons. The number of aryl methyl sites for hydroxylation is 1. The van der Waals surface area contributed by atoms with Crippen LogP contribution in [0.25, 0.3) is 0 Å². The maximum absolute atomic E-state index is 11.4. The topological polar surface area (TPSA) is 58.6 Å². The van der Waals surface area contributed by atoms with Gasteiger partial charge in [0.2, 0.25) is 0 Å². The summed E-state index contributed by atoms with van der Waals surface area (Å²) >= 11 is 0. The summed E-state index contributed by atoms with van der Waals surface area (Å²) in [5.74, 6) is 0.775. The van der Waals surface area contributed by atoms with Gasteiger partial charge >= 0.3 is 0 Å². The molecule has 6 heteroatoms. The van der Waals surface area contributed by atoms with Crippen LogP contribution in [0, 0.1) is 6.92 Å². The average molecular weight is 258 g/mol. The van der Waals surface area contributed by atoms with Crippen molar-refractivity contribution in [3.8, 4) is 5.75 Å². The predicted molar refractivity (Wildman–Crippen MR) is 67.3 cm³/mol. The standard InChI is InChI=1S/C11H18N2O3S/c1-10-6-4-5-7-11(10)16-9-8-12-17(14,15)13(2)3/h4-7,12H,8-9H2,1-3H3. The quantitative estimate of drug-likeness (QED) is 0.767. The minimum absolute atomic E-state index is 0.245. The zero-order valence-electron chi connectivity index (χ0n) is 10.3. The first-order chi connectivity index (χ1) is 7.93. The zero-order valence-corrected chi connectivity index (χ0v) is 11.1. The van der Waals surface area contributed by atoms with Crippen molar-refractivity contribution in [1.82, 2.24) is 9.03 Å². The third kappa shape index (κ3) is 4.33. The Morgan fingerprint density at radius 1 is 1.29 bits per heavy atom. The second kappa shape index (κ2) is 6.00. The molecule has 0 fully saturated rings. The van der Waals surface area contributed by atoms with E-state index >= 15 is 0 Å². The summed E-state index contributed by atoms with van der Waals surface area (Å²) in [6.45, 7) is 2.49. The van der Waals surface area contributed by atoms with E-state index < -0.39 is 10.2 Å². The molecule has 5 nitrogen and oxygen atoms in total. The van der Waals surface area contributed by atoms with Crippen LogP contribution in [0.3, 0.4) is 0 Å². The van der Waals surface area contributed by atoms with Crippen molar-refractivity contribution in [2.45, 2.75) is 6.92 Å². The number of nitrogens with one attached hydrogen (secondary N) is 1. The van der Waals surface area contributed by atoms with Gasteiger partial charge in [0, 0.05) is 20.6 Å². The lowest BCUT2D eigenvalue weighted by atomic mass is 10.2. The van der Waals surface area contributed by atoms with Gasteiger partial charge in [0.15, 0.2) is 0 Å². The van der Waals surface area contributed by atoms with E-state index in [1.807, 2.05) is 31.2 Å². The van der Waals surface area contributed by atoms with Gasteiger partial charge in [-0.05, 0) is 18.6 Å². The molecular weight excluding hydrogens is 240 g/mol. The van der Waals surface area contributed by atoms with Crippen LogP contribution in [0.5, 0.6) is 5.75 Å². The maximum Gasteiger partial charge on any atom is 0.279 e. The van der Waals surface area contributed by atoms with Crippen molar-refractivity contribution in [3.05, 3.63) is 29.8 Å². The number of hydrogen-bond donors (Lipinski definition) is 1. The highest BCUT2D eigenvalue weighted by Crippen LogP contribution is 2.15. The smallest absolute Gasteiger partial charge is 0.279 e. The molecule has 1 N–H and O–H groups in total. The summed E-state index contributed by atoms with van der Waals surface area (Å²) in [6.07, 6.45) is 0. The third-order valence-corrected chi connectivity index (χ3v) is 3.75. The Labute approximate surface area is 103 Å². The molecule has 0 heterocycles. The third-order valence-electron chi connectivity index (χ3n) is 2.22. The second-order valence-corrected chi connectivity index (χ2v) is 5.76. The zero-order chi connectivity index (χ0) is 12.9. The number of benzene rings is 1. The minimum Gasteiger partial charge on any atom is -0.492 e. The molecule has 0 aliphatic heterocycles. The molecule has 0 aromatic heterocycles. The van der Waals surface area contributed by atoms with E-state index in [0.29, 0.717) is 6.61 Å². The van der Waals surface area contributed by atoms with Gasteiger partial charge in [-0.2, -0.15) is 17.4 Å². The highest BCUT2D eigenvalue weighted by Gasteiger charge is 2.11. The van der Waals surface area contributed by atoms with E-state index in [4.69, 9.17) is 4.74 Å². The Morgan fingerprint density at radius 3 is 2.53 bits per heavy atom. The van der Waals surface area contributed by atoms with Gasteiger partial charge in [0.1, 0.15) is 12.4 Å². The minimum atomic E-state index is -3.36. The van der Waals surface area contributed by atoms with Gasteiger partial charge in [0.25, 0.3) is 10.2 Å². The van der Waals surface area contributed by atoms with Crippen LogP contribution in [0.15, 0.2) is 24.3 Å². The van der Waals surface area contributed by atoms with Gasteiger partial charge in [0.05, 0.1) is 0 Å². The molecule has 1 rings (SSSR count). The second-order valence-electron chi connectivity index (χ2n) is 3.80. The summed E-state index contributed by atoms with van der Waals surface area (Å²) in [6, 6.07) is 7.61. The van der Waals surface area contributed by atoms with E-state index in [2.05, 4.69) is 4.72 Å². The Hall–Kier alpha value is -1.11. The van der Waals surface area contributed by atoms with Crippen LogP contribution in [0.4, 0.5) is 0 Å². The molecular formula is C11H18N2O3S. The first kappa shape index (κ1) is 14.0. The van der Waals surface area contributed by atoms with Gasteiger partial charge in [-0.3, -0.25) is 0 Å². The summed E-state index contributed by atoms with van der Waals surface area (Å²) in [4.78, 5) is 0. The van der Waals surface area contributed by atoms with Crippen molar-refractivity contribution in [3.63, 3.8) is 0 Å². The van der Waals surface area contributed by atoms with Crippen LogP contribution >= 0.6 is 0 Å². The number of rotatable bonds is 6. The Kier molecular flexibility index (Phi) is 4.92. The molecule has 0 saturated carbocycles. The molecule has 0 amide bonds. The molecule has 17 heavy (non-hydrogen) atoms. The Morgan fingerprint density at radius 2 is 1.94 bits per heavy atom. The molecule has 0 spiro atoms. The fourth-order valence-electron chi connectivity index (χ4n) is 1.18. The van der Waals surface area contributed by atoms with Crippen molar-refractivity contribution in [2.24, 2.45) is 0 Å². The van der Waals surface area contributed by atoms with Crippen LogP contribution in [-0.4, -0.2) is 40.0 Å². The fourth-order valence-corrected chi connectivity index (χ4v) is 1.78. The van der Waals surface area contributed by atoms with Gasteiger partial charge in [-0.1, -0.05) is 18.2 Å². The van der Waals surface area contributed by atoms with Gasteiger partial charge in [-0.15, -0.1) is 0 Å². The fraction of sp³-hybridized carbons (Fsp3) is 0.455. The molecule has 0 saturated heterocycles. The SMILES string of the molecule is Cc1ccccc1OCCNS(=O)(=O)N(C)C. The van der Waals surface area contributed by atoms with E-state index in [0.717, 1.165) is 15.6 Å². The molecule has 96 valence electrons. The van der Waals surface area contributed by atoms with Crippen molar-refractivity contribution < 1.29 is 13.2 Å². The monoisotopic (exact) mass is 258 g/mol. The maximum atomic E-state index is 11.4. The highest BCUT2D eigenvalue weighted by atomic mass is 32.2. The average Bonchev–Trinajstić information content (AvgIpc) is 2.26. The summed E-state index contributed by atoms with van der Waals surface area (Å²) in [5.41, 5.74) is 1.03. The normalized spacial score (nSPS) is 11.8. The largest absolute Gasteiger partial charge is 0.492 e. The Balaban J connectivity index is 2.38. The molecule has 0 aliphatic rings. The van der Waals surface area contributed by atoms with E-state index in [9.17, 15) is 8.42 Å². The van der Waals surface area contributed by atoms with E-state index in [1.54, 1.807) is 0 Å². The number of nitrogens with zero attached hydrogens (tertiary/aromatic N) is 1. The number of ether oxygens (including phenoxy) is 1. The van der Waals surface area contributed by atoms with Crippen molar-refractivity contribution in [2.75, 3.05) is 27.2 Å². The lowest BCUT2D eigenvalue weighted by molar-refractivity contribution is 0.319. The lowest BCUT2D eigenvalue weighted by Crippen LogP contribution is -2.37. The number of para-hydroxylation sites is 1. The van der Waals surface area contributed by atoms with Crippen LogP contribution in [-0.2, 0) is 10.2 Å². The van der Waals surface area contributed by atoms with Gasteiger partial charge < -0.3 is 4.74 Å². The molecule has 0 aliphatic carbocycles. The number of hydrogen-bond acceptors (Lipinski definition) is 3. The van der Waals surface area contributed by atoms with Crippen molar-refractivity contribution in [1.29, 1.82) is 0 Å². The molecule has 1 aromatic carbocycles. The molecule has 0 atom stereocenters. The van der Waals surface area contributed by atoms with Crippen LogP contribution in [0.1, 0.15) is 5.56 Å². The lowest BCUT2D eigenvalue weighted by Gasteiger charge is -2.13. The Bertz CT molecular complexity index is 458. The summed E-state index contributed by atoms with van der Waals surface area (Å²) in [7, 11) is -0.406. The molecule has 0 bridgehead atoms. The van der Waals surface area contributed by atoms with E-state index in [-0.39, 0.29) is 6.54 Å². The van der Waals surface area contributed by atoms with Gasteiger partial charge in [-0.25, -0.2) is 0 Å². The van der Waals surface area contributed by atoms with E-state index in [1.165, 1.54) is 14.1 Å². The highest BCUT2D eigenvalue weighted by molar-refractivity contribution is 7.87. The predicted octanol–water partition coefficient (Wildman–Crippen LogP) is 0.770. The van der Waals surface area contributed by atoms with Crippen LogP contribution < -0.4 is 9.46 Å². The first-order valence-electron chi connectivity index (χ1n) is 5.29.